The third kappa shape index (κ3) is 4.95. The van der Waals surface area contributed by atoms with E-state index >= 15 is 0 Å². The van der Waals surface area contributed by atoms with E-state index in [1.807, 2.05) is 7.05 Å². The van der Waals surface area contributed by atoms with Crippen molar-refractivity contribution in [2.45, 2.75) is 70.8 Å². The first-order valence-electron chi connectivity index (χ1n) is 8.93. The van der Waals surface area contributed by atoms with Gasteiger partial charge in [-0.2, -0.15) is 0 Å². The van der Waals surface area contributed by atoms with Gasteiger partial charge in [0, 0.05) is 11.8 Å². The van der Waals surface area contributed by atoms with Crippen molar-refractivity contribution in [3.63, 3.8) is 0 Å². The summed E-state index contributed by atoms with van der Waals surface area (Å²) in [6, 6.07) is 0.514. The molecule has 124 valence electrons. The number of sulfone groups is 1. The van der Waals surface area contributed by atoms with E-state index in [0.717, 1.165) is 30.6 Å². The van der Waals surface area contributed by atoms with Crippen molar-refractivity contribution in [1.82, 2.24) is 5.32 Å². The topological polar surface area (TPSA) is 46.2 Å². The molecule has 3 nitrogen and oxygen atoms in total. The van der Waals surface area contributed by atoms with Crippen LogP contribution >= 0.6 is 0 Å². The van der Waals surface area contributed by atoms with Crippen LogP contribution in [0.3, 0.4) is 0 Å². The highest BCUT2D eigenvalue weighted by molar-refractivity contribution is 7.91. The second-order valence-corrected chi connectivity index (χ2v) is 9.62. The molecule has 2 aliphatic carbocycles. The van der Waals surface area contributed by atoms with Gasteiger partial charge in [0.15, 0.2) is 0 Å². The Labute approximate surface area is 131 Å². The van der Waals surface area contributed by atoms with Crippen LogP contribution in [0.4, 0.5) is 0 Å². The van der Waals surface area contributed by atoms with E-state index in [-0.39, 0.29) is 5.75 Å². The SMILES string of the molecule is CCS(=O)(=O)CCCC(NC)C1CCC2CCCCC2C1. The maximum atomic E-state index is 11.6. The summed E-state index contributed by atoms with van der Waals surface area (Å²) in [5.74, 6) is 3.35. The van der Waals surface area contributed by atoms with E-state index in [0.29, 0.717) is 11.8 Å². The summed E-state index contributed by atoms with van der Waals surface area (Å²) >= 11 is 0. The number of hydrogen-bond acceptors (Lipinski definition) is 3. The summed E-state index contributed by atoms with van der Waals surface area (Å²) in [5, 5.41) is 3.48. The van der Waals surface area contributed by atoms with Crippen LogP contribution in [0.25, 0.3) is 0 Å². The molecular weight excluding hydrogens is 282 g/mol. The molecule has 1 N–H and O–H groups in total. The minimum absolute atomic E-state index is 0.282. The van der Waals surface area contributed by atoms with Gasteiger partial charge < -0.3 is 5.32 Å². The standard InChI is InChI=1S/C17H33NO2S/c1-3-21(19,20)12-6-9-17(18-2)16-11-10-14-7-4-5-8-15(14)13-16/h14-18H,3-13H2,1-2H3. The highest BCUT2D eigenvalue weighted by Crippen LogP contribution is 2.43. The fourth-order valence-electron chi connectivity index (χ4n) is 4.56. The van der Waals surface area contributed by atoms with Crippen molar-refractivity contribution in [1.29, 1.82) is 0 Å². The molecule has 2 rings (SSSR count). The zero-order valence-corrected chi connectivity index (χ0v) is 14.6. The van der Waals surface area contributed by atoms with Crippen LogP contribution in [-0.2, 0) is 9.84 Å². The zero-order chi connectivity index (χ0) is 15.3. The molecule has 2 aliphatic rings. The summed E-state index contributed by atoms with van der Waals surface area (Å²) in [7, 11) is -0.753. The number of nitrogens with one attached hydrogen (secondary N) is 1. The average molecular weight is 316 g/mol. The maximum Gasteiger partial charge on any atom is 0.150 e. The van der Waals surface area contributed by atoms with Crippen LogP contribution in [0.1, 0.15) is 64.7 Å². The minimum Gasteiger partial charge on any atom is -0.317 e. The van der Waals surface area contributed by atoms with Gasteiger partial charge in [0.05, 0.1) is 5.75 Å². The second-order valence-electron chi connectivity index (χ2n) is 7.15. The third-order valence-electron chi connectivity index (χ3n) is 5.93. The van der Waals surface area contributed by atoms with Gasteiger partial charge >= 0.3 is 0 Å². The molecule has 0 aromatic heterocycles. The molecule has 0 aromatic carbocycles. The molecule has 0 amide bonds. The highest BCUT2D eigenvalue weighted by atomic mass is 32.2. The van der Waals surface area contributed by atoms with Gasteiger partial charge in [-0.15, -0.1) is 0 Å². The fraction of sp³-hybridized carbons (Fsp3) is 1.00. The Kier molecular flexibility index (Phi) is 6.54. The van der Waals surface area contributed by atoms with Crippen molar-refractivity contribution in [3.05, 3.63) is 0 Å². The van der Waals surface area contributed by atoms with Gasteiger partial charge in [0.1, 0.15) is 9.84 Å². The highest BCUT2D eigenvalue weighted by Gasteiger charge is 2.34. The van der Waals surface area contributed by atoms with Gasteiger partial charge in [0.25, 0.3) is 0 Å². The second kappa shape index (κ2) is 7.96. The Bertz CT molecular complexity index is 407. The quantitative estimate of drug-likeness (QED) is 0.783. The lowest BCUT2D eigenvalue weighted by molar-refractivity contribution is 0.109. The molecule has 0 radical (unpaired) electrons. The lowest BCUT2D eigenvalue weighted by Crippen LogP contribution is -2.39. The molecular formula is C17H33NO2S. The van der Waals surface area contributed by atoms with Gasteiger partial charge in [0.2, 0.25) is 0 Å². The smallest absolute Gasteiger partial charge is 0.150 e. The van der Waals surface area contributed by atoms with Crippen LogP contribution in [0.2, 0.25) is 0 Å². The third-order valence-corrected chi connectivity index (χ3v) is 7.72. The normalized spacial score (nSPS) is 31.6. The summed E-state index contributed by atoms with van der Waals surface area (Å²) in [5.41, 5.74) is 0. The summed E-state index contributed by atoms with van der Waals surface area (Å²) in [6.07, 6.45) is 11.7. The monoisotopic (exact) mass is 315 g/mol. The van der Waals surface area contributed by atoms with Crippen molar-refractivity contribution in [3.8, 4) is 0 Å². The van der Waals surface area contributed by atoms with Crippen LogP contribution in [0.15, 0.2) is 0 Å². The summed E-state index contributed by atoms with van der Waals surface area (Å²) < 4.78 is 23.2. The Hall–Kier alpha value is -0.0900. The van der Waals surface area contributed by atoms with E-state index in [1.54, 1.807) is 6.92 Å². The molecule has 4 atom stereocenters. The van der Waals surface area contributed by atoms with E-state index in [9.17, 15) is 8.42 Å². The molecule has 0 saturated heterocycles. The Morgan fingerprint density at radius 2 is 1.81 bits per heavy atom. The van der Waals surface area contributed by atoms with Crippen molar-refractivity contribution in [2.24, 2.45) is 17.8 Å². The molecule has 21 heavy (non-hydrogen) atoms. The minimum atomic E-state index is -2.80. The van der Waals surface area contributed by atoms with Gasteiger partial charge in [-0.3, -0.25) is 0 Å². The number of hydrogen-bond donors (Lipinski definition) is 1. The van der Waals surface area contributed by atoms with Crippen molar-refractivity contribution < 1.29 is 8.42 Å². The Morgan fingerprint density at radius 3 is 2.48 bits per heavy atom. The molecule has 0 bridgehead atoms. The Morgan fingerprint density at radius 1 is 1.10 bits per heavy atom. The molecule has 0 heterocycles. The van der Waals surface area contributed by atoms with Crippen molar-refractivity contribution in [2.75, 3.05) is 18.6 Å². The first-order valence-corrected chi connectivity index (χ1v) is 10.8. The predicted octanol–water partition coefficient (Wildman–Crippen LogP) is 3.40. The maximum absolute atomic E-state index is 11.6. The van der Waals surface area contributed by atoms with E-state index in [4.69, 9.17) is 0 Å². The largest absolute Gasteiger partial charge is 0.317 e. The molecule has 4 heteroatoms. The first kappa shape index (κ1) is 17.3. The zero-order valence-electron chi connectivity index (χ0n) is 13.8. The van der Waals surface area contributed by atoms with E-state index in [1.165, 1.54) is 44.9 Å². The van der Waals surface area contributed by atoms with Gasteiger partial charge in [-0.1, -0.05) is 32.6 Å². The Balaban J connectivity index is 1.81. The number of rotatable bonds is 7. The van der Waals surface area contributed by atoms with Crippen LogP contribution in [-0.4, -0.2) is 33.0 Å². The molecule has 0 spiro atoms. The van der Waals surface area contributed by atoms with Gasteiger partial charge in [-0.05, 0) is 56.9 Å². The fourth-order valence-corrected chi connectivity index (χ4v) is 5.45. The first-order chi connectivity index (χ1) is 10.1. The summed E-state index contributed by atoms with van der Waals surface area (Å²) in [6.45, 7) is 1.75. The van der Waals surface area contributed by atoms with E-state index < -0.39 is 9.84 Å². The molecule has 0 aliphatic heterocycles. The van der Waals surface area contributed by atoms with Gasteiger partial charge in [-0.25, -0.2) is 8.42 Å². The predicted molar refractivity (Wildman–Crippen MR) is 89.2 cm³/mol. The van der Waals surface area contributed by atoms with Crippen LogP contribution in [0, 0.1) is 17.8 Å². The number of fused-ring (bicyclic) bond motifs is 1. The molecule has 2 fully saturated rings. The van der Waals surface area contributed by atoms with E-state index in [2.05, 4.69) is 5.32 Å². The molecule has 2 saturated carbocycles. The van der Waals surface area contributed by atoms with Crippen LogP contribution < -0.4 is 5.32 Å². The van der Waals surface area contributed by atoms with Crippen LogP contribution in [0.5, 0.6) is 0 Å². The van der Waals surface area contributed by atoms with Crippen molar-refractivity contribution >= 4 is 9.84 Å². The molecule has 0 aromatic rings. The molecule has 4 unspecified atom stereocenters. The average Bonchev–Trinajstić information content (AvgIpc) is 2.51. The lowest BCUT2D eigenvalue weighted by atomic mass is 9.66. The summed E-state index contributed by atoms with van der Waals surface area (Å²) in [4.78, 5) is 0. The lowest BCUT2D eigenvalue weighted by Gasteiger charge is -2.42.